The highest BCUT2D eigenvalue weighted by Crippen LogP contribution is 2.21. The number of carbonyl (C=O) groups excluding carboxylic acids is 1. The summed E-state index contributed by atoms with van der Waals surface area (Å²) in [4.78, 5) is 18.4. The molecule has 0 spiro atoms. The van der Waals surface area contributed by atoms with E-state index in [4.69, 9.17) is 0 Å². The standard InChI is InChI=1S/C19H24N4O/c24-19(21-13-16-5-2-1-3-6-16)22-14-17-8-11-23(12-9-17)18-7-4-10-20-15-18/h1-7,10,15,17H,8-9,11-14H2,(H2,21,22,24). The molecular formula is C19H24N4O. The third-order valence-corrected chi connectivity index (χ3v) is 4.47. The normalized spacial score (nSPS) is 15.1. The third kappa shape index (κ3) is 4.72. The summed E-state index contributed by atoms with van der Waals surface area (Å²) in [5.41, 5.74) is 2.29. The molecule has 126 valence electrons. The first-order valence-electron chi connectivity index (χ1n) is 8.52. The summed E-state index contributed by atoms with van der Waals surface area (Å²) < 4.78 is 0. The molecule has 5 nitrogen and oxygen atoms in total. The Labute approximate surface area is 143 Å². The lowest BCUT2D eigenvalue weighted by molar-refractivity contribution is 0.237. The number of anilines is 1. The number of carbonyl (C=O) groups is 1. The number of piperidine rings is 1. The second-order valence-electron chi connectivity index (χ2n) is 6.19. The van der Waals surface area contributed by atoms with Gasteiger partial charge in [0.25, 0.3) is 0 Å². The Balaban J connectivity index is 1.35. The molecule has 2 aromatic rings. The summed E-state index contributed by atoms with van der Waals surface area (Å²) in [6, 6.07) is 13.9. The number of rotatable bonds is 5. The number of nitrogens with one attached hydrogen (secondary N) is 2. The highest BCUT2D eigenvalue weighted by Gasteiger charge is 2.19. The number of urea groups is 1. The number of benzene rings is 1. The van der Waals surface area contributed by atoms with E-state index in [1.165, 1.54) is 5.69 Å². The summed E-state index contributed by atoms with van der Waals surface area (Å²) >= 11 is 0. The molecule has 0 aliphatic carbocycles. The quantitative estimate of drug-likeness (QED) is 0.889. The summed E-state index contributed by atoms with van der Waals surface area (Å²) in [6.07, 6.45) is 5.89. The van der Waals surface area contributed by atoms with Gasteiger partial charge in [0.15, 0.2) is 0 Å². The molecule has 0 atom stereocenters. The molecule has 24 heavy (non-hydrogen) atoms. The highest BCUT2D eigenvalue weighted by atomic mass is 16.2. The molecule has 3 rings (SSSR count). The SMILES string of the molecule is O=C(NCc1ccccc1)NCC1CCN(c2cccnc2)CC1. The fraction of sp³-hybridized carbons (Fsp3) is 0.368. The van der Waals surface area contributed by atoms with Crippen LogP contribution in [0.5, 0.6) is 0 Å². The minimum absolute atomic E-state index is 0.0893. The van der Waals surface area contributed by atoms with E-state index in [0.29, 0.717) is 12.5 Å². The highest BCUT2D eigenvalue weighted by molar-refractivity contribution is 5.73. The van der Waals surface area contributed by atoms with Crippen LogP contribution < -0.4 is 15.5 Å². The van der Waals surface area contributed by atoms with Crippen molar-refractivity contribution in [2.75, 3.05) is 24.5 Å². The van der Waals surface area contributed by atoms with Crippen molar-refractivity contribution in [3.63, 3.8) is 0 Å². The summed E-state index contributed by atoms with van der Waals surface area (Å²) in [6.45, 7) is 3.33. The molecule has 1 aliphatic heterocycles. The van der Waals surface area contributed by atoms with Crippen molar-refractivity contribution in [1.29, 1.82) is 0 Å². The van der Waals surface area contributed by atoms with Crippen molar-refractivity contribution in [2.24, 2.45) is 5.92 Å². The average molecular weight is 324 g/mol. The molecule has 1 aliphatic rings. The number of amides is 2. The lowest BCUT2D eigenvalue weighted by Crippen LogP contribution is -2.41. The molecule has 0 unspecified atom stereocenters. The van der Waals surface area contributed by atoms with Gasteiger partial charge in [-0.05, 0) is 36.5 Å². The number of aromatic nitrogens is 1. The first kappa shape index (κ1) is 16.3. The number of nitrogens with zero attached hydrogens (tertiary/aromatic N) is 2. The molecule has 5 heteroatoms. The second kappa shape index (κ2) is 8.34. The first-order valence-corrected chi connectivity index (χ1v) is 8.52. The topological polar surface area (TPSA) is 57.3 Å². The monoisotopic (exact) mass is 324 g/mol. The Kier molecular flexibility index (Phi) is 5.66. The van der Waals surface area contributed by atoms with Crippen LogP contribution in [-0.2, 0) is 6.54 Å². The maximum atomic E-state index is 11.9. The van der Waals surface area contributed by atoms with Gasteiger partial charge in [-0.3, -0.25) is 4.98 Å². The molecule has 1 fully saturated rings. The Bertz CT molecular complexity index is 624. The second-order valence-corrected chi connectivity index (χ2v) is 6.19. The van der Waals surface area contributed by atoms with E-state index in [2.05, 4.69) is 26.6 Å². The van der Waals surface area contributed by atoms with E-state index in [1.807, 2.05) is 42.6 Å². The van der Waals surface area contributed by atoms with Gasteiger partial charge in [-0.25, -0.2) is 4.79 Å². The van der Waals surface area contributed by atoms with E-state index in [1.54, 1.807) is 6.20 Å². The summed E-state index contributed by atoms with van der Waals surface area (Å²) in [5.74, 6) is 0.542. The van der Waals surface area contributed by atoms with Gasteiger partial charge in [0, 0.05) is 32.4 Å². The molecule has 0 bridgehead atoms. The summed E-state index contributed by atoms with van der Waals surface area (Å²) in [5, 5.41) is 5.90. The van der Waals surface area contributed by atoms with Crippen LogP contribution in [0.2, 0.25) is 0 Å². The van der Waals surface area contributed by atoms with Gasteiger partial charge in [-0.1, -0.05) is 30.3 Å². The zero-order chi connectivity index (χ0) is 16.6. The van der Waals surface area contributed by atoms with Gasteiger partial charge in [0.05, 0.1) is 11.9 Å². The molecule has 1 aromatic carbocycles. The van der Waals surface area contributed by atoms with Crippen molar-refractivity contribution >= 4 is 11.7 Å². The Hall–Kier alpha value is -2.56. The Morgan fingerprint density at radius 1 is 1.08 bits per heavy atom. The third-order valence-electron chi connectivity index (χ3n) is 4.47. The van der Waals surface area contributed by atoms with Crippen LogP contribution in [0.15, 0.2) is 54.9 Å². The van der Waals surface area contributed by atoms with Gasteiger partial charge in [-0.15, -0.1) is 0 Å². The van der Waals surface area contributed by atoms with Crippen LogP contribution in [0.4, 0.5) is 10.5 Å². The lowest BCUT2D eigenvalue weighted by Gasteiger charge is -2.33. The van der Waals surface area contributed by atoms with Crippen molar-refractivity contribution < 1.29 is 4.79 Å². The Morgan fingerprint density at radius 3 is 2.58 bits per heavy atom. The van der Waals surface area contributed by atoms with E-state index < -0.39 is 0 Å². The van der Waals surface area contributed by atoms with Crippen molar-refractivity contribution in [3.05, 3.63) is 60.4 Å². The minimum Gasteiger partial charge on any atom is -0.370 e. The van der Waals surface area contributed by atoms with Gasteiger partial charge < -0.3 is 15.5 Å². The average Bonchev–Trinajstić information content (AvgIpc) is 2.67. The van der Waals surface area contributed by atoms with Crippen molar-refractivity contribution in [3.8, 4) is 0 Å². The van der Waals surface area contributed by atoms with E-state index in [9.17, 15) is 4.79 Å². The molecule has 0 saturated carbocycles. The van der Waals surface area contributed by atoms with E-state index >= 15 is 0 Å². The van der Waals surface area contributed by atoms with Gasteiger partial charge >= 0.3 is 6.03 Å². The van der Waals surface area contributed by atoms with Crippen LogP contribution in [0, 0.1) is 5.92 Å². The molecule has 2 heterocycles. The largest absolute Gasteiger partial charge is 0.370 e. The maximum Gasteiger partial charge on any atom is 0.315 e. The number of hydrogen-bond donors (Lipinski definition) is 2. The molecular weight excluding hydrogens is 300 g/mol. The minimum atomic E-state index is -0.0893. The molecule has 2 amide bonds. The molecule has 1 aromatic heterocycles. The molecule has 2 N–H and O–H groups in total. The van der Waals surface area contributed by atoms with Crippen molar-refractivity contribution in [2.45, 2.75) is 19.4 Å². The zero-order valence-corrected chi connectivity index (χ0v) is 13.8. The van der Waals surface area contributed by atoms with Gasteiger partial charge in [-0.2, -0.15) is 0 Å². The number of pyridine rings is 1. The zero-order valence-electron chi connectivity index (χ0n) is 13.8. The Morgan fingerprint density at radius 2 is 1.88 bits per heavy atom. The smallest absolute Gasteiger partial charge is 0.315 e. The summed E-state index contributed by atoms with van der Waals surface area (Å²) in [7, 11) is 0. The fourth-order valence-electron chi connectivity index (χ4n) is 3.01. The van der Waals surface area contributed by atoms with Gasteiger partial charge in [0.1, 0.15) is 0 Å². The number of hydrogen-bond acceptors (Lipinski definition) is 3. The predicted octanol–water partition coefficient (Wildman–Crippen LogP) is 2.80. The van der Waals surface area contributed by atoms with Crippen LogP contribution in [0.25, 0.3) is 0 Å². The van der Waals surface area contributed by atoms with Crippen LogP contribution >= 0.6 is 0 Å². The fourth-order valence-corrected chi connectivity index (χ4v) is 3.01. The van der Waals surface area contributed by atoms with E-state index in [-0.39, 0.29) is 6.03 Å². The molecule has 0 radical (unpaired) electrons. The van der Waals surface area contributed by atoms with E-state index in [0.717, 1.165) is 38.0 Å². The molecule has 1 saturated heterocycles. The van der Waals surface area contributed by atoms with Gasteiger partial charge in [0.2, 0.25) is 0 Å². The van der Waals surface area contributed by atoms with Crippen LogP contribution in [-0.4, -0.2) is 30.6 Å². The lowest BCUT2D eigenvalue weighted by atomic mass is 9.96. The maximum absolute atomic E-state index is 11.9. The predicted molar refractivity (Wildman–Crippen MR) is 95.9 cm³/mol. The van der Waals surface area contributed by atoms with Crippen molar-refractivity contribution in [1.82, 2.24) is 15.6 Å². The van der Waals surface area contributed by atoms with Crippen LogP contribution in [0.3, 0.4) is 0 Å². The van der Waals surface area contributed by atoms with Crippen LogP contribution in [0.1, 0.15) is 18.4 Å². The first-order chi connectivity index (χ1) is 11.8.